The van der Waals surface area contributed by atoms with Crippen molar-refractivity contribution in [3.8, 4) is 5.69 Å². The fourth-order valence-electron chi connectivity index (χ4n) is 1.98. The molecule has 0 aliphatic carbocycles. The van der Waals surface area contributed by atoms with Gasteiger partial charge in [0, 0.05) is 43.7 Å². The molecule has 0 fully saturated rings. The molecule has 8 nitrogen and oxygen atoms in total. The number of nitrogens with two attached hydrogens (primary N) is 1. The van der Waals surface area contributed by atoms with E-state index in [9.17, 15) is 14.9 Å². The molecule has 0 saturated carbocycles. The number of benzene rings is 1. The minimum Gasteiger partial charge on any atom is -0.338 e. The van der Waals surface area contributed by atoms with E-state index in [-0.39, 0.29) is 48.0 Å². The predicted molar refractivity (Wildman–Crippen MR) is 95.3 cm³/mol. The Balaban J connectivity index is 0.00000264. The van der Waals surface area contributed by atoms with Crippen LogP contribution in [0.5, 0.6) is 0 Å². The van der Waals surface area contributed by atoms with Crippen LogP contribution < -0.4 is 5.73 Å². The van der Waals surface area contributed by atoms with Crippen LogP contribution in [0.25, 0.3) is 5.69 Å². The second kappa shape index (κ2) is 9.21. The van der Waals surface area contributed by atoms with Crippen molar-refractivity contribution in [1.82, 2.24) is 14.5 Å². The number of amides is 1. The number of nitro groups is 1. The summed E-state index contributed by atoms with van der Waals surface area (Å²) in [6.45, 7) is 2.13. The molecule has 10 heteroatoms. The molecule has 0 aliphatic rings. The summed E-state index contributed by atoms with van der Waals surface area (Å²) in [5.41, 5.74) is 5.99. The Labute approximate surface area is 151 Å². The summed E-state index contributed by atoms with van der Waals surface area (Å²) in [5, 5.41) is 11.3. The SMILES string of the molecule is CC(CN)N(C)C(=O)c1ccc(-n2ccnc2)c([N+](=O)[O-])c1.Cl.Cl. The maximum atomic E-state index is 12.3. The van der Waals surface area contributed by atoms with Gasteiger partial charge >= 0.3 is 0 Å². The lowest BCUT2D eigenvalue weighted by Gasteiger charge is -2.23. The van der Waals surface area contributed by atoms with E-state index in [1.165, 1.54) is 34.1 Å². The van der Waals surface area contributed by atoms with Gasteiger partial charge in [0.05, 0.1) is 11.3 Å². The topological polar surface area (TPSA) is 107 Å². The van der Waals surface area contributed by atoms with Crippen molar-refractivity contribution < 1.29 is 9.72 Å². The van der Waals surface area contributed by atoms with Gasteiger partial charge < -0.3 is 15.2 Å². The van der Waals surface area contributed by atoms with Gasteiger partial charge in [-0.15, -0.1) is 24.8 Å². The van der Waals surface area contributed by atoms with Gasteiger partial charge in [-0.05, 0) is 19.1 Å². The predicted octanol–water partition coefficient (Wildman–Crippen LogP) is 2.04. The summed E-state index contributed by atoms with van der Waals surface area (Å²) >= 11 is 0. The van der Waals surface area contributed by atoms with E-state index >= 15 is 0 Å². The molecule has 2 N–H and O–H groups in total. The summed E-state index contributed by atoms with van der Waals surface area (Å²) in [6.07, 6.45) is 4.60. The molecule has 0 aliphatic heterocycles. The molecule has 1 aromatic heterocycles. The van der Waals surface area contributed by atoms with Crippen molar-refractivity contribution in [2.45, 2.75) is 13.0 Å². The van der Waals surface area contributed by atoms with E-state index in [0.717, 1.165) is 0 Å². The van der Waals surface area contributed by atoms with E-state index in [0.29, 0.717) is 12.2 Å². The first-order valence-electron chi connectivity index (χ1n) is 6.69. The number of aromatic nitrogens is 2. The molecule has 24 heavy (non-hydrogen) atoms. The van der Waals surface area contributed by atoms with Crippen LogP contribution in [0.15, 0.2) is 36.9 Å². The first-order valence-corrected chi connectivity index (χ1v) is 6.69. The molecule has 1 unspecified atom stereocenters. The zero-order valence-electron chi connectivity index (χ0n) is 13.2. The largest absolute Gasteiger partial charge is 0.338 e. The average Bonchev–Trinajstić information content (AvgIpc) is 3.06. The molecular weight excluding hydrogens is 357 g/mol. The smallest absolute Gasteiger partial charge is 0.294 e. The highest BCUT2D eigenvalue weighted by Gasteiger charge is 2.22. The van der Waals surface area contributed by atoms with Crippen molar-refractivity contribution in [3.63, 3.8) is 0 Å². The zero-order valence-corrected chi connectivity index (χ0v) is 14.8. The molecule has 2 aromatic rings. The molecule has 0 spiro atoms. The number of likely N-dealkylation sites (N-methyl/N-ethyl adjacent to an activating group) is 1. The van der Waals surface area contributed by atoms with Crippen LogP contribution in [0.3, 0.4) is 0 Å². The Morgan fingerprint density at radius 3 is 2.62 bits per heavy atom. The lowest BCUT2D eigenvalue weighted by molar-refractivity contribution is -0.384. The Bertz CT molecular complexity index is 694. The Morgan fingerprint density at radius 2 is 2.12 bits per heavy atom. The van der Waals surface area contributed by atoms with Gasteiger partial charge in [0.1, 0.15) is 5.69 Å². The number of rotatable bonds is 5. The van der Waals surface area contributed by atoms with Gasteiger partial charge in [-0.25, -0.2) is 4.98 Å². The molecule has 1 heterocycles. The van der Waals surface area contributed by atoms with Crippen LogP contribution >= 0.6 is 24.8 Å². The molecule has 132 valence electrons. The van der Waals surface area contributed by atoms with E-state index in [1.54, 1.807) is 19.3 Å². The summed E-state index contributed by atoms with van der Waals surface area (Å²) in [6, 6.07) is 4.22. The monoisotopic (exact) mass is 375 g/mol. The number of nitrogens with zero attached hydrogens (tertiary/aromatic N) is 4. The van der Waals surface area contributed by atoms with Crippen molar-refractivity contribution in [3.05, 3.63) is 52.6 Å². The number of halogens is 2. The number of hydrogen-bond acceptors (Lipinski definition) is 5. The first kappa shape index (κ1) is 21.8. The van der Waals surface area contributed by atoms with E-state index in [4.69, 9.17) is 5.73 Å². The number of carbonyl (C=O) groups excluding carboxylic acids is 1. The fraction of sp³-hybridized carbons (Fsp3) is 0.286. The summed E-state index contributed by atoms with van der Waals surface area (Å²) < 4.78 is 1.53. The van der Waals surface area contributed by atoms with Crippen molar-refractivity contribution in [1.29, 1.82) is 0 Å². The van der Waals surface area contributed by atoms with Crippen molar-refractivity contribution >= 4 is 36.4 Å². The number of nitro benzene ring substituents is 1. The van der Waals surface area contributed by atoms with Crippen LogP contribution in [0.2, 0.25) is 0 Å². The minimum absolute atomic E-state index is 0. The quantitative estimate of drug-likeness (QED) is 0.635. The van der Waals surface area contributed by atoms with Crippen molar-refractivity contribution in [2.75, 3.05) is 13.6 Å². The zero-order chi connectivity index (χ0) is 16.3. The standard InChI is InChI=1S/C14H17N5O3.2ClH/c1-10(8-15)17(2)14(20)11-3-4-12(13(7-11)19(21)22)18-6-5-16-9-18;;/h3-7,9-10H,8,15H2,1-2H3;2*1H. The van der Waals surface area contributed by atoms with Gasteiger partial charge in [-0.3, -0.25) is 14.9 Å². The first-order chi connectivity index (χ1) is 10.5. The number of imidazole rings is 1. The third kappa shape index (κ3) is 4.44. The minimum atomic E-state index is -0.515. The maximum absolute atomic E-state index is 12.3. The molecule has 0 bridgehead atoms. The highest BCUT2D eigenvalue weighted by molar-refractivity contribution is 5.95. The fourth-order valence-corrected chi connectivity index (χ4v) is 1.98. The highest BCUT2D eigenvalue weighted by Crippen LogP contribution is 2.24. The number of hydrogen-bond donors (Lipinski definition) is 1. The van der Waals surface area contributed by atoms with E-state index in [1.807, 2.05) is 6.92 Å². The Kier molecular flexibility index (Phi) is 8.38. The molecule has 2 rings (SSSR count). The van der Waals surface area contributed by atoms with Crippen LogP contribution in [0.1, 0.15) is 17.3 Å². The van der Waals surface area contributed by atoms with E-state index < -0.39 is 4.92 Å². The summed E-state index contributed by atoms with van der Waals surface area (Å²) in [4.78, 5) is 28.4. The average molecular weight is 376 g/mol. The molecule has 1 aromatic carbocycles. The molecule has 0 radical (unpaired) electrons. The third-order valence-corrected chi connectivity index (χ3v) is 3.52. The lowest BCUT2D eigenvalue weighted by Crippen LogP contribution is -2.39. The van der Waals surface area contributed by atoms with Gasteiger partial charge in [-0.1, -0.05) is 0 Å². The number of carbonyl (C=O) groups is 1. The Hall–Kier alpha value is -2.16. The lowest BCUT2D eigenvalue weighted by atomic mass is 10.1. The van der Waals surface area contributed by atoms with Gasteiger partial charge in [0.15, 0.2) is 0 Å². The second-order valence-electron chi connectivity index (χ2n) is 4.93. The van der Waals surface area contributed by atoms with Crippen LogP contribution in [-0.2, 0) is 0 Å². The molecule has 0 saturated heterocycles. The van der Waals surface area contributed by atoms with Gasteiger partial charge in [0.25, 0.3) is 11.6 Å². The molecule has 1 amide bonds. The normalized spacial score (nSPS) is 11.0. The maximum Gasteiger partial charge on any atom is 0.294 e. The Morgan fingerprint density at radius 1 is 1.46 bits per heavy atom. The third-order valence-electron chi connectivity index (χ3n) is 3.52. The van der Waals surface area contributed by atoms with Crippen LogP contribution in [-0.4, -0.2) is 44.9 Å². The molecule has 1 atom stereocenters. The highest BCUT2D eigenvalue weighted by atomic mass is 35.5. The van der Waals surface area contributed by atoms with Crippen LogP contribution in [0.4, 0.5) is 5.69 Å². The molecular formula is C14H19Cl2N5O3. The van der Waals surface area contributed by atoms with Crippen LogP contribution in [0, 0.1) is 10.1 Å². The van der Waals surface area contributed by atoms with Gasteiger partial charge in [-0.2, -0.15) is 0 Å². The summed E-state index contributed by atoms with van der Waals surface area (Å²) in [7, 11) is 1.62. The van der Waals surface area contributed by atoms with E-state index in [2.05, 4.69) is 4.98 Å². The van der Waals surface area contributed by atoms with Gasteiger partial charge in [0.2, 0.25) is 0 Å². The summed E-state index contributed by atoms with van der Waals surface area (Å²) in [5.74, 6) is -0.307. The second-order valence-corrected chi connectivity index (χ2v) is 4.93. The van der Waals surface area contributed by atoms with Crippen molar-refractivity contribution in [2.24, 2.45) is 5.73 Å².